The molecule has 0 aromatic heterocycles. The number of ether oxygens (including phenoxy) is 3. The van der Waals surface area contributed by atoms with Crippen LogP contribution in [0.4, 0.5) is 0 Å². The highest BCUT2D eigenvalue weighted by molar-refractivity contribution is 14.0. The van der Waals surface area contributed by atoms with Gasteiger partial charge in [-0.15, -0.1) is 24.0 Å². The SMILES string of the molecule is CN=C(NCCN(CCOC)C1CC1)NCC(C)Oc1cccc(OC)c1.I. The van der Waals surface area contributed by atoms with E-state index in [9.17, 15) is 0 Å². The van der Waals surface area contributed by atoms with Gasteiger partial charge in [0, 0.05) is 45.9 Å². The molecule has 2 N–H and O–H groups in total. The second-order valence-corrected chi connectivity index (χ2v) is 6.75. The van der Waals surface area contributed by atoms with Crippen LogP contribution in [0.1, 0.15) is 19.8 Å². The van der Waals surface area contributed by atoms with Crippen LogP contribution in [0.3, 0.4) is 0 Å². The van der Waals surface area contributed by atoms with E-state index in [1.807, 2.05) is 31.2 Å². The number of hydrogen-bond acceptors (Lipinski definition) is 5. The zero-order chi connectivity index (χ0) is 19.5. The van der Waals surface area contributed by atoms with Gasteiger partial charge in [0.15, 0.2) is 5.96 Å². The lowest BCUT2D eigenvalue weighted by Crippen LogP contribution is -2.45. The summed E-state index contributed by atoms with van der Waals surface area (Å²) >= 11 is 0. The van der Waals surface area contributed by atoms with Crippen molar-refractivity contribution in [2.45, 2.75) is 31.9 Å². The van der Waals surface area contributed by atoms with E-state index in [0.29, 0.717) is 6.54 Å². The van der Waals surface area contributed by atoms with E-state index >= 15 is 0 Å². The first kappa shape index (κ1) is 24.8. The molecule has 0 heterocycles. The lowest BCUT2D eigenvalue weighted by molar-refractivity contribution is 0.144. The molecule has 1 atom stereocenters. The number of nitrogens with zero attached hydrogens (tertiary/aromatic N) is 2. The molecule has 1 aromatic rings. The molecule has 1 aromatic carbocycles. The molecule has 1 aliphatic rings. The van der Waals surface area contributed by atoms with Crippen molar-refractivity contribution in [3.8, 4) is 11.5 Å². The lowest BCUT2D eigenvalue weighted by atomic mass is 10.3. The quantitative estimate of drug-likeness (QED) is 0.258. The molecule has 1 fully saturated rings. The Kier molecular flexibility index (Phi) is 12.2. The van der Waals surface area contributed by atoms with Crippen LogP contribution in [0.5, 0.6) is 11.5 Å². The third-order valence-corrected chi connectivity index (χ3v) is 4.50. The van der Waals surface area contributed by atoms with E-state index in [4.69, 9.17) is 14.2 Å². The molecule has 0 amide bonds. The molecule has 1 aliphatic carbocycles. The third-order valence-electron chi connectivity index (χ3n) is 4.50. The molecule has 0 radical (unpaired) electrons. The Morgan fingerprint density at radius 3 is 2.61 bits per heavy atom. The predicted molar refractivity (Wildman–Crippen MR) is 124 cm³/mol. The number of nitrogens with one attached hydrogen (secondary N) is 2. The van der Waals surface area contributed by atoms with Crippen molar-refractivity contribution in [3.05, 3.63) is 24.3 Å². The highest BCUT2D eigenvalue weighted by Crippen LogP contribution is 2.26. The highest BCUT2D eigenvalue weighted by atomic mass is 127. The Morgan fingerprint density at radius 1 is 1.21 bits per heavy atom. The van der Waals surface area contributed by atoms with Crippen LogP contribution in [-0.2, 0) is 4.74 Å². The smallest absolute Gasteiger partial charge is 0.191 e. The average molecular weight is 506 g/mol. The molecule has 1 saturated carbocycles. The highest BCUT2D eigenvalue weighted by Gasteiger charge is 2.28. The summed E-state index contributed by atoms with van der Waals surface area (Å²) in [5.41, 5.74) is 0. The van der Waals surface area contributed by atoms with Gasteiger partial charge in [0.1, 0.15) is 17.6 Å². The molecule has 0 saturated heterocycles. The van der Waals surface area contributed by atoms with Crippen molar-refractivity contribution in [3.63, 3.8) is 0 Å². The Morgan fingerprint density at radius 2 is 1.96 bits per heavy atom. The van der Waals surface area contributed by atoms with Crippen molar-refractivity contribution >= 4 is 29.9 Å². The van der Waals surface area contributed by atoms with Gasteiger partial charge in [0.05, 0.1) is 20.3 Å². The van der Waals surface area contributed by atoms with Gasteiger partial charge in [0.2, 0.25) is 0 Å². The standard InChI is InChI=1S/C20H34N4O3.HI/c1-16(27-19-7-5-6-18(14-19)26-4)15-23-20(21-2)22-10-11-24(12-13-25-3)17-8-9-17;/h5-7,14,16-17H,8-13,15H2,1-4H3,(H2,21,22,23);1H. The van der Waals surface area contributed by atoms with Gasteiger partial charge in [-0.3, -0.25) is 9.89 Å². The summed E-state index contributed by atoms with van der Waals surface area (Å²) < 4.78 is 16.4. The molecule has 8 heteroatoms. The molecule has 7 nitrogen and oxygen atoms in total. The first-order chi connectivity index (χ1) is 13.2. The number of hydrogen-bond donors (Lipinski definition) is 2. The molecular weight excluding hydrogens is 471 g/mol. The van der Waals surface area contributed by atoms with Crippen LogP contribution in [0.15, 0.2) is 29.3 Å². The Bertz CT molecular complexity index is 584. The molecule has 0 spiro atoms. The summed E-state index contributed by atoms with van der Waals surface area (Å²) in [6.45, 7) is 6.30. The first-order valence-electron chi connectivity index (χ1n) is 9.64. The summed E-state index contributed by atoms with van der Waals surface area (Å²) in [6.07, 6.45) is 2.60. The van der Waals surface area contributed by atoms with Crippen LogP contribution in [0.2, 0.25) is 0 Å². The number of guanidine groups is 1. The van der Waals surface area contributed by atoms with E-state index in [1.165, 1.54) is 12.8 Å². The normalized spacial score (nSPS) is 15.0. The Hall–Kier alpha value is -1.26. The maximum absolute atomic E-state index is 5.93. The number of benzene rings is 1. The summed E-state index contributed by atoms with van der Waals surface area (Å²) in [4.78, 5) is 6.77. The van der Waals surface area contributed by atoms with Gasteiger partial charge in [-0.2, -0.15) is 0 Å². The van der Waals surface area contributed by atoms with E-state index < -0.39 is 0 Å². The molecule has 2 rings (SSSR count). The largest absolute Gasteiger partial charge is 0.497 e. The minimum absolute atomic E-state index is 0. The lowest BCUT2D eigenvalue weighted by Gasteiger charge is -2.23. The predicted octanol–water partition coefficient (Wildman–Crippen LogP) is 2.36. The van der Waals surface area contributed by atoms with Crippen LogP contribution in [-0.4, -0.2) is 77.1 Å². The van der Waals surface area contributed by atoms with E-state index in [2.05, 4.69) is 20.5 Å². The van der Waals surface area contributed by atoms with Crippen LogP contribution in [0.25, 0.3) is 0 Å². The zero-order valence-corrected chi connectivity index (χ0v) is 19.8. The zero-order valence-electron chi connectivity index (χ0n) is 17.4. The minimum Gasteiger partial charge on any atom is -0.497 e. The first-order valence-corrected chi connectivity index (χ1v) is 9.64. The Balaban J connectivity index is 0.00000392. The monoisotopic (exact) mass is 506 g/mol. The molecule has 0 aliphatic heterocycles. The van der Waals surface area contributed by atoms with Crippen molar-refractivity contribution in [1.29, 1.82) is 0 Å². The number of rotatable bonds is 12. The number of halogens is 1. The van der Waals surface area contributed by atoms with Gasteiger partial charge < -0.3 is 24.8 Å². The summed E-state index contributed by atoms with van der Waals surface area (Å²) in [5, 5.41) is 6.70. The fourth-order valence-electron chi connectivity index (χ4n) is 2.85. The second-order valence-electron chi connectivity index (χ2n) is 6.75. The van der Waals surface area contributed by atoms with Crippen LogP contribution in [0, 0.1) is 0 Å². The average Bonchev–Trinajstić information content (AvgIpc) is 3.52. The summed E-state index contributed by atoms with van der Waals surface area (Å²) in [7, 11) is 5.19. The number of aliphatic imine (C=N–C) groups is 1. The maximum atomic E-state index is 5.93. The van der Waals surface area contributed by atoms with Crippen LogP contribution >= 0.6 is 24.0 Å². The van der Waals surface area contributed by atoms with Crippen molar-refractivity contribution < 1.29 is 14.2 Å². The summed E-state index contributed by atoms with van der Waals surface area (Å²) in [6, 6.07) is 8.37. The molecule has 1 unspecified atom stereocenters. The van der Waals surface area contributed by atoms with Crippen molar-refractivity contribution in [2.24, 2.45) is 4.99 Å². The Labute approximate surface area is 186 Å². The molecular formula is C20H35IN4O3. The van der Waals surface area contributed by atoms with Gasteiger partial charge >= 0.3 is 0 Å². The topological polar surface area (TPSA) is 67.4 Å². The second kappa shape index (κ2) is 13.8. The van der Waals surface area contributed by atoms with Crippen molar-refractivity contribution in [2.75, 3.05) is 54.1 Å². The fourth-order valence-corrected chi connectivity index (χ4v) is 2.85. The van der Waals surface area contributed by atoms with Gasteiger partial charge in [-0.05, 0) is 31.9 Å². The van der Waals surface area contributed by atoms with Crippen LogP contribution < -0.4 is 20.1 Å². The van der Waals surface area contributed by atoms with E-state index in [-0.39, 0.29) is 30.1 Å². The summed E-state index contributed by atoms with van der Waals surface area (Å²) in [5.74, 6) is 2.38. The minimum atomic E-state index is 0. The maximum Gasteiger partial charge on any atom is 0.191 e. The van der Waals surface area contributed by atoms with Gasteiger partial charge in [0.25, 0.3) is 0 Å². The van der Waals surface area contributed by atoms with E-state index in [0.717, 1.165) is 49.7 Å². The van der Waals surface area contributed by atoms with Crippen molar-refractivity contribution in [1.82, 2.24) is 15.5 Å². The molecule has 0 bridgehead atoms. The fraction of sp³-hybridized carbons (Fsp3) is 0.650. The third kappa shape index (κ3) is 9.29. The molecule has 160 valence electrons. The van der Waals surface area contributed by atoms with Gasteiger partial charge in [-0.25, -0.2) is 0 Å². The molecule has 28 heavy (non-hydrogen) atoms. The van der Waals surface area contributed by atoms with E-state index in [1.54, 1.807) is 21.3 Å². The number of methoxy groups -OCH3 is 2. The van der Waals surface area contributed by atoms with Gasteiger partial charge in [-0.1, -0.05) is 6.07 Å².